The number of benzene rings is 1. The summed E-state index contributed by atoms with van der Waals surface area (Å²) in [6, 6.07) is 7.30. The molecule has 4 rings (SSSR count). The number of aromatic nitrogens is 5. The maximum atomic E-state index is 12.8. The average Bonchev–Trinajstić information content (AvgIpc) is 3.36. The van der Waals surface area contributed by atoms with Gasteiger partial charge in [-0.1, -0.05) is 0 Å². The molecule has 1 amide bonds. The Morgan fingerprint density at radius 2 is 1.83 bits per heavy atom. The van der Waals surface area contributed by atoms with Gasteiger partial charge in [0.2, 0.25) is 0 Å². The second-order valence-electron chi connectivity index (χ2n) is 7.20. The zero-order valence-electron chi connectivity index (χ0n) is 16.1. The van der Waals surface area contributed by atoms with Crippen molar-refractivity contribution < 1.29 is 18.0 Å². The molecule has 0 radical (unpaired) electrons. The van der Waals surface area contributed by atoms with Gasteiger partial charge < -0.3 is 9.47 Å². The number of carbonyl (C=O) groups excluding carboxylic acids is 1. The summed E-state index contributed by atoms with van der Waals surface area (Å²) >= 11 is 5.16. The lowest BCUT2D eigenvalue weighted by molar-refractivity contribution is -0.141. The zero-order chi connectivity index (χ0) is 21.5. The van der Waals surface area contributed by atoms with Gasteiger partial charge in [-0.15, -0.1) is 0 Å². The van der Waals surface area contributed by atoms with Crippen molar-refractivity contribution in [3.8, 4) is 5.69 Å². The fourth-order valence-electron chi connectivity index (χ4n) is 3.62. The van der Waals surface area contributed by atoms with Gasteiger partial charge in [-0.05, 0) is 55.4 Å². The molecule has 3 aromatic rings. The van der Waals surface area contributed by atoms with Crippen LogP contribution in [0.2, 0.25) is 0 Å². The van der Waals surface area contributed by atoms with Gasteiger partial charge in [-0.3, -0.25) is 9.89 Å². The van der Waals surface area contributed by atoms with Crippen molar-refractivity contribution in [2.45, 2.75) is 24.9 Å². The molecule has 0 saturated carbocycles. The summed E-state index contributed by atoms with van der Waals surface area (Å²) < 4.78 is 41.7. The van der Waals surface area contributed by atoms with Crippen LogP contribution in [0, 0.1) is 4.77 Å². The first-order valence-electron chi connectivity index (χ1n) is 9.38. The molecule has 0 bridgehead atoms. The summed E-state index contributed by atoms with van der Waals surface area (Å²) in [6.07, 6.45) is -1.68. The van der Waals surface area contributed by atoms with Crippen LogP contribution in [-0.4, -0.2) is 48.4 Å². The van der Waals surface area contributed by atoms with Gasteiger partial charge in [-0.2, -0.15) is 23.4 Å². The molecule has 30 heavy (non-hydrogen) atoms. The first-order chi connectivity index (χ1) is 14.2. The molecule has 2 aromatic heterocycles. The van der Waals surface area contributed by atoms with Gasteiger partial charge in [-0.25, -0.2) is 4.68 Å². The Morgan fingerprint density at radius 3 is 2.37 bits per heavy atom. The zero-order valence-corrected chi connectivity index (χ0v) is 16.9. The van der Waals surface area contributed by atoms with E-state index in [4.69, 9.17) is 12.2 Å². The summed E-state index contributed by atoms with van der Waals surface area (Å²) in [4.78, 5) is 14.6. The Morgan fingerprint density at radius 1 is 1.17 bits per heavy atom. The first kappa shape index (κ1) is 20.3. The summed E-state index contributed by atoms with van der Waals surface area (Å²) in [5, 5.41) is 10.6. The lowest BCUT2D eigenvalue weighted by atomic mass is 9.95. The number of hydrogen-bond acceptors (Lipinski definition) is 4. The van der Waals surface area contributed by atoms with Crippen molar-refractivity contribution in [2.75, 3.05) is 13.1 Å². The van der Waals surface area contributed by atoms with E-state index < -0.39 is 11.9 Å². The van der Waals surface area contributed by atoms with E-state index in [9.17, 15) is 18.0 Å². The number of alkyl halides is 3. The molecule has 7 nitrogen and oxygen atoms in total. The molecule has 0 atom stereocenters. The largest absolute Gasteiger partial charge is 0.435 e. The van der Waals surface area contributed by atoms with E-state index in [1.807, 2.05) is 11.6 Å². The molecular weight excluding hydrogens is 417 g/mol. The van der Waals surface area contributed by atoms with Gasteiger partial charge >= 0.3 is 6.18 Å². The molecule has 0 unspecified atom stereocenters. The molecule has 11 heteroatoms. The summed E-state index contributed by atoms with van der Waals surface area (Å²) in [6.45, 7) is 1.19. The van der Waals surface area contributed by atoms with Gasteiger partial charge in [0.05, 0.1) is 5.69 Å². The van der Waals surface area contributed by atoms with Crippen LogP contribution in [0.3, 0.4) is 0 Å². The standard InChI is InChI=1S/C19H19F3N6OS/c1-26-16(23-24-18(26)30)12-6-9-27(10-7-12)17(29)13-2-4-14(5-3-13)28-11-8-15(25-28)19(20,21)22/h2-5,8,11-12H,6-7,9-10H2,1H3,(H,24,30). The van der Waals surface area contributed by atoms with Crippen LogP contribution in [0.4, 0.5) is 13.2 Å². The Hall–Kier alpha value is -2.95. The molecule has 1 aromatic carbocycles. The molecule has 3 heterocycles. The van der Waals surface area contributed by atoms with Gasteiger partial charge in [0.1, 0.15) is 5.82 Å². The lowest BCUT2D eigenvalue weighted by Crippen LogP contribution is -2.38. The van der Waals surface area contributed by atoms with E-state index in [1.165, 1.54) is 6.20 Å². The minimum Gasteiger partial charge on any atom is -0.339 e. The SMILES string of the molecule is Cn1c(C2CCN(C(=O)c3ccc(-n4ccc(C(F)(F)F)n4)cc3)CC2)n[nH]c1=S. The normalized spacial score (nSPS) is 15.5. The number of piperidine rings is 1. The predicted octanol–water partition coefficient (Wildman–Crippen LogP) is 3.70. The third-order valence-electron chi connectivity index (χ3n) is 5.32. The highest BCUT2D eigenvalue weighted by Gasteiger charge is 2.33. The fourth-order valence-corrected chi connectivity index (χ4v) is 3.76. The van der Waals surface area contributed by atoms with E-state index in [2.05, 4.69) is 15.3 Å². The molecule has 1 aliphatic heterocycles. The molecule has 1 fully saturated rings. The van der Waals surface area contributed by atoms with Crippen molar-refractivity contribution in [3.63, 3.8) is 0 Å². The number of likely N-dealkylation sites (tertiary alicyclic amines) is 1. The van der Waals surface area contributed by atoms with E-state index in [1.54, 1.807) is 29.2 Å². The maximum Gasteiger partial charge on any atom is 0.435 e. The van der Waals surface area contributed by atoms with Crippen molar-refractivity contribution in [1.82, 2.24) is 29.4 Å². The van der Waals surface area contributed by atoms with E-state index in [-0.39, 0.29) is 11.8 Å². The second kappa shape index (κ2) is 7.71. The minimum atomic E-state index is -4.49. The van der Waals surface area contributed by atoms with Gasteiger partial charge in [0, 0.05) is 37.8 Å². The number of nitrogens with one attached hydrogen (secondary N) is 1. The Bertz CT molecular complexity index is 1110. The Labute approximate surface area is 175 Å². The van der Waals surface area contributed by atoms with Crippen LogP contribution in [0.5, 0.6) is 0 Å². The number of nitrogens with zero attached hydrogens (tertiary/aromatic N) is 5. The van der Waals surface area contributed by atoms with Crippen molar-refractivity contribution >= 4 is 18.1 Å². The smallest absolute Gasteiger partial charge is 0.339 e. The third-order valence-corrected chi connectivity index (χ3v) is 5.69. The Balaban J connectivity index is 1.41. The fraction of sp³-hybridized carbons (Fsp3) is 0.368. The van der Waals surface area contributed by atoms with E-state index >= 15 is 0 Å². The van der Waals surface area contributed by atoms with Crippen LogP contribution in [0.25, 0.3) is 5.69 Å². The third kappa shape index (κ3) is 3.89. The number of carbonyl (C=O) groups is 1. The van der Waals surface area contributed by atoms with Crippen LogP contribution in [0.15, 0.2) is 36.5 Å². The monoisotopic (exact) mass is 436 g/mol. The van der Waals surface area contributed by atoms with E-state index in [0.29, 0.717) is 29.1 Å². The minimum absolute atomic E-state index is 0.105. The van der Waals surface area contributed by atoms with Crippen molar-refractivity contribution in [1.29, 1.82) is 0 Å². The summed E-state index contributed by atoms with van der Waals surface area (Å²) in [5.41, 5.74) is -0.0240. The van der Waals surface area contributed by atoms with Gasteiger partial charge in [0.25, 0.3) is 5.91 Å². The molecule has 1 aliphatic rings. The topological polar surface area (TPSA) is 71.7 Å². The highest BCUT2D eigenvalue weighted by atomic mass is 32.1. The molecule has 0 spiro atoms. The Kier molecular flexibility index (Phi) is 5.22. The highest BCUT2D eigenvalue weighted by molar-refractivity contribution is 7.71. The van der Waals surface area contributed by atoms with Crippen molar-refractivity contribution in [2.24, 2.45) is 7.05 Å². The highest BCUT2D eigenvalue weighted by Crippen LogP contribution is 2.29. The summed E-state index contributed by atoms with van der Waals surface area (Å²) in [5.74, 6) is 1.03. The van der Waals surface area contributed by atoms with Crippen molar-refractivity contribution in [3.05, 3.63) is 58.4 Å². The maximum absolute atomic E-state index is 12.8. The van der Waals surface area contributed by atoms with E-state index in [0.717, 1.165) is 29.4 Å². The number of halogens is 3. The number of hydrogen-bond donors (Lipinski definition) is 1. The predicted molar refractivity (Wildman–Crippen MR) is 105 cm³/mol. The van der Waals surface area contributed by atoms with Crippen LogP contribution >= 0.6 is 12.2 Å². The average molecular weight is 436 g/mol. The molecule has 0 aliphatic carbocycles. The first-order valence-corrected chi connectivity index (χ1v) is 9.79. The number of aromatic amines is 1. The number of rotatable bonds is 3. The van der Waals surface area contributed by atoms with Crippen LogP contribution in [0.1, 0.15) is 40.6 Å². The molecule has 1 saturated heterocycles. The molecule has 1 N–H and O–H groups in total. The number of H-pyrrole nitrogens is 1. The van der Waals surface area contributed by atoms with Crippen LogP contribution in [-0.2, 0) is 13.2 Å². The molecular formula is C19H19F3N6OS. The summed E-state index contributed by atoms with van der Waals surface area (Å²) in [7, 11) is 1.87. The second-order valence-corrected chi connectivity index (χ2v) is 7.59. The quantitative estimate of drug-likeness (QED) is 0.636. The molecule has 158 valence electrons. The van der Waals surface area contributed by atoms with Crippen LogP contribution < -0.4 is 0 Å². The lowest BCUT2D eigenvalue weighted by Gasteiger charge is -2.31. The number of amides is 1. The van der Waals surface area contributed by atoms with Gasteiger partial charge in [0.15, 0.2) is 10.5 Å².